The van der Waals surface area contributed by atoms with E-state index in [4.69, 9.17) is 0 Å². The van der Waals surface area contributed by atoms with Gasteiger partial charge in [0, 0.05) is 27.8 Å². The lowest BCUT2D eigenvalue weighted by Gasteiger charge is -2.33. The molecule has 7 rings (SSSR count). The first kappa shape index (κ1) is 23.9. The van der Waals surface area contributed by atoms with Gasteiger partial charge in [0.2, 0.25) is 0 Å². The van der Waals surface area contributed by atoms with Crippen molar-refractivity contribution in [2.75, 3.05) is 4.90 Å². The highest BCUT2D eigenvalue weighted by Gasteiger charge is 2.42. The van der Waals surface area contributed by atoms with Gasteiger partial charge in [0.05, 0.1) is 6.04 Å². The van der Waals surface area contributed by atoms with E-state index in [9.17, 15) is 4.79 Å². The summed E-state index contributed by atoms with van der Waals surface area (Å²) in [4.78, 5) is 14.0. The lowest BCUT2D eigenvalue weighted by Crippen LogP contribution is -2.30. The summed E-state index contributed by atoms with van der Waals surface area (Å²) in [6.07, 6.45) is 10.8. The quantitative estimate of drug-likeness (QED) is 0.257. The largest absolute Gasteiger partial charge is 0.334 e. The maximum atomic E-state index is 11.5. The highest BCUT2D eigenvalue weighted by atomic mass is 16.1. The van der Waals surface area contributed by atoms with Crippen molar-refractivity contribution in [1.29, 1.82) is 0 Å². The molecule has 4 aromatic carbocycles. The second-order valence-corrected chi connectivity index (χ2v) is 12.2. The summed E-state index contributed by atoms with van der Waals surface area (Å²) in [7, 11) is 0. The molecule has 0 fully saturated rings. The van der Waals surface area contributed by atoms with Crippen LogP contribution in [0.1, 0.15) is 66.7 Å². The van der Waals surface area contributed by atoms with E-state index < -0.39 is 0 Å². The first-order valence-corrected chi connectivity index (χ1v) is 13.9. The van der Waals surface area contributed by atoms with Gasteiger partial charge in [-0.25, -0.2) is 0 Å². The van der Waals surface area contributed by atoms with Gasteiger partial charge in [-0.05, 0) is 93.4 Å². The number of hydrogen-bond donors (Lipinski definition) is 0. The van der Waals surface area contributed by atoms with E-state index in [1.165, 1.54) is 55.9 Å². The van der Waals surface area contributed by atoms with Gasteiger partial charge in [0.1, 0.15) is 6.29 Å². The third-order valence-electron chi connectivity index (χ3n) is 9.22. The van der Waals surface area contributed by atoms with Crippen LogP contribution in [-0.2, 0) is 10.8 Å². The van der Waals surface area contributed by atoms with Crippen LogP contribution in [0.25, 0.3) is 22.3 Å². The van der Waals surface area contributed by atoms with E-state index in [0.717, 1.165) is 18.3 Å². The fraction of sp³-hybridized carbons (Fsp3) is 0.216. The van der Waals surface area contributed by atoms with Crippen LogP contribution in [0, 0.1) is 0 Å². The van der Waals surface area contributed by atoms with Gasteiger partial charge in [-0.1, -0.05) is 88.4 Å². The number of carbonyl (C=O) groups excluding carboxylic acids is 1. The van der Waals surface area contributed by atoms with Crippen molar-refractivity contribution in [2.24, 2.45) is 0 Å². The highest BCUT2D eigenvalue weighted by Crippen LogP contribution is 2.56. The Hall–Kier alpha value is -4.17. The van der Waals surface area contributed by atoms with Gasteiger partial charge < -0.3 is 4.90 Å². The minimum absolute atomic E-state index is 0.129. The molecule has 0 aromatic heterocycles. The fourth-order valence-corrected chi connectivity index (χ4v) is 7.07. The number of aldehydes is 1. The number of para-hydroxylation sites is 1. The predicted molar refractivity (Wildman–Crippen MR) is 162 cm³/mol. The number of rotatable bonds is 4. The maximum Gasteiger partial charge on any atom is 0.150 e. The van der Waals surface area contributed by atoms with Crippen LogP contribution in [0.15, 0.2) is 103 Å². The zero-order chi connectivity index (χ0) is 26.9. The molecule has 0 saturated carbocycles. The number of allylic oxidation sites excluding steroid dienone is 2. The Balaban J connectivity index is 1.37. The van der Waals surface area contributed by atoms with Gasteiger partial charge in [-0.15, -0.1) is 0 Å². The summed E-state index contributed by atoms with van der Waals surface area (Å²) in [5.74, 6) is 0. The van der Waals surface area contributed by atoms with Gasteiger partial charge in [-0.2, -0.15) is 0 Å². The second kappa shape index (κ2) is 8.41. The summed E-state index contributed by atoms with van der Waals surface area (Å²) in [5.41, 5.74) is 13.5. The Morgan fingerprint density at radius 3 is 1.90 bits per heavy atom. The second-order valence-electron chi connectivity index (χ2n) is 12.2. The monoisotopic (exact) mass is 507 g/mol. The SMILES string of the molecule is CC1(C)c2cc(C=O)ccc2-c2cc3c(cc21)-c1ccc(N(c2ccccc2)C2C=CC=CC2)cc1C3(C)C. The normalized spacial score (nSPS) is 18.7. The number of hydrogen-bond acceptors (Lipinski definition) is 2. The van der Waals surface area contributed by atoms with E-state index >= 15 is 0 Å². The van der Waals surface area contributed by atoms with Crippen LogP contribution in [0.3, 0.4) is 0 Å². The van der Waals surface area contributed by atoms with Crippen molar-refractivity contribution in [1.82, 2.24) is 0 Å². The summed E-state index contributed by atoms with van der Waals surface area (Å²) in [6, 6.07) is 29.1. The molecule has 2 nitrogen and oxygen atoms in total. The number of anilines is 2. The minimum atomic E-state index is -0.156. The lowest BCUT2D eigenvalue weighted by molar-refractivity contribution is 0.112. The van der Waals surface area contributed by atoms with Crippen LogP contribution in [0.2, 0.25) is 0 Å². The molecule has 39 heavy (non-hydrogen) atoms. The molecule has 192 valence electrons. The molecule has 4 aromatic rings. The molecule has 0 heterocycles. The summed E-state index contributed by atoms with van der Waals surface area (Å²) in [5, 5.41) is 0. The van der Waals surface area contributed by atoms with Crippen LogP contribution in [0.5, 0.6) is 0 Å². The molecule has 3 aliphatic carbocycles. The zero-order valence-electron chi connectivity index (χ0n) is 23.0. The van der Waals surface area contributed by atoms with E-state index in [1.807, 2.05) is 6.07 Å². The van der Waals surface area contributed by atoms with Gasteiger partial charge in [0.15, 0.2) is 0 Å². The molecular weight excluding hydrogens is 474 g/mol. The Morgan fingerprint density at radius 1 is 0.667 bits per heavy atom. The highest BCUT2D eigenvalue weighted by molar-refractivity contribution is 5.91. The maximum absolute atomic E-state index is 11.5. The van der Waals surface area contributed by atoms with E-state index in [0.29, 0.717) is 0 Å². The lowest BCUT2D eigenvalue weighted by atomic mass is 9.79. The number of fused-ring (bicyclic) bond motifs is 6. The summed E-state index contributed by atoms with van der Waals surface area (Å²) in [6.45, 7) is 9.29. The summed E-state index contributed by atoms with van der Waals surface area (Å²) < 4.78 is 0. The standard InChI is InChI=1S/C37H33NO/c1-36(2)32-19-24(23-39)15-17-28(32)30-21-35-31(22-34(30)36)29-18-16-27(20-33(29)37(35,3)4)38(25-11-7-5-8-12-25)26-13-9-6-10-14-26/h5-13,15-23,26H,14H2,1-4H3. The first-order chi connectivity index (χ1) is 18.8. The first-order valence-electron chi connectivity index (χ1n) is 13.9. The van der Waals surface area contributed by atoms with Crippen molar-refractivity contribution < 1.29 is 4.79 Å². The van der Waals surface area contributed by atoms with Crippen LogP contribution >= 0.6 is 0 Å². The molecule has 1 atom stereocenters. The fourth-order valence-electron chi connectivity index (χ4n) is 7.07. The molecule has 0 N–H and O–H groups in total. The van der Waals surface area contributed by atoms with E-state index in [1.54, 1.807) is 0 Å². The Labute approximate surface area is 231 Å². The third kappa shape index (κ3) is 3.44. The molecule has 3 aliphatic rings. The molecular formula is C37H33NO. The number of carbonyl (C=O) groups is 1. The molecule has 0 amide bonds. The Bertz CT molecular complexity index is 1700. The number of benzene rings is 4. The molecule has 1 unspecified atom stereocenters. The molecule has 0 radical (unpaired) electrons. The third-order valence-corrected chi connectivity index (χ3v) is 9.22. The molecule has 0 aliphatic heterocycles. The van der Waals surface area contributed by atoms with Gasteiger partial charge in [-0.3, -0.25) is 4.79 Å². The average molecular weight is 508 g/mol. The van der Waals surface area contributed by atoms with Gasteiger partial charge >= 0.3 is 0 Å². The topological polar surface area (TPSA) is 20.3 Å². The van der Waals surface area contributed by atoms with Crippen molar-refractivity contribution in [2.45, 2.75) is 51.0 Å². The van der Waals surface area contributed by atoms with Crippen molar-refractivity contribution in [3.63, 3.8) is 0 Å². The predicted octanol–water partition coefficient (Wildman–Crippen LogP) is 9.13. The Morgan fingerprint density at radius 2 is 1.28 bits per heavy atom. The Kier molecular flexibility index (Phi) is 5.16. The average Bonchev–Trinajstić information content (AvgIpc) is 3.32. The smallest absolute Gasteiger partial charge is 0.150 e. The minimum Gasteiger partial charge on any atom is -0.334 e. The molecule has 0 saturated heterocycles. The molecule has 0 bridgehead atoms. The van der Waals surface area contributed by atoms with Crippen molar-refractivity contribution in [3.05, 3.63) is 131 Å². The van der Waals surface area contributed by atoms with Crippen LogP contribution in [-0.4, -0.2) is 12.3 Å². The van der Waals surface area contributed by atoms with Crippen LogP contribution < -0.4 is 4.90 Å². The van der Waals surface area contributed by atoms with Crippen molar-refractivity contribution in [3.8, 4) is 22.3 Å². The van der Waals surface area contributed by atoms with Crippen LogP contribution in [0.4, 0.5) is 11.4 Å². The number of nitrogens with zero attached hydrogens (tertiary/aromatic N) is 1. The van der Waals surface area contributed by atoms with E-state index in [-0.39, 0.29) is 16.9 Å². The molecule has 0 spiro atoms. The molecule has 2 heteroatoms. The van der Waals surface area contributed by atoms with Gasteiger partial charge in [0.25, 0.3) is 0 Å². The summed E-state index contributed by atoms with van der Waals surface area (Å²) >= 11 is 0. The zero-order valence-corrected chi connectivity index (χ0v) is 23.0. The van der Waals surface area contributed by atoms with Crippen molar-refractivity contribution >= 4 is 17.7 Å². The van der Waals surface area contributed by atoms with E-state index in [2.05, 4.69) is 130 Å².